The number of fused-ring (bicyclic) bond motifs is 2. The molecule has 2 fully saturated rings. The van der Waals surface area contributed by atoms with Crippen molar-refractivity contribution in [3.05, 3.63) is 60.7 Å². The average Bonchev–Trinajstić information content (AvgIpc) is 2.95. The number of amides is 1. The zero-order chi connectivity index (χ0) is 23.1. The summed E-state index contributed by atoms with van der Waals surface area (Å²) in [5.41, 5.74) is 5.07. The van der Waals surface area contributed by atoms with Gasteiger partial charge in [0.25, 0.3) is 0 Å². The fourth-order valence-corrected chi connectivity index (χ4v) is 7.63. The lowest BCUT2D eigenvalue weighted by molar-refractivity contribution is -0.139. The summed E-state index contributed by atoms with van der Waals surface area (Å²) in [5.74, 6) is 0.822. The summed E-state index contributed by atoms with van der Waals surface area (Å²) >= 11 is 13.9. The van der Waals surface area contributed by atoms with Crippen molar-refractivity contribution in [3.63, 3.8) is 0 Å². The summed E-state index contributed by atoms with van der Waals surface area (Å²) in [6, 6.07) is 6.33. The minimum atomic E-state index is -0.321. The third-order valence-electron chi connectivity index (χ3n) is 7.74. The third-order valence-corrected chi connectivity index (χ3v) is 9.04. The fourth-order valence-electron chi connectivity index (χ4n) is 6.13. The molecule has 4 nitrogen and oxygen atoms in total. The van der Waals surface area contributed by atoms with Gasteiger partial charge in [0, 0.05) is 45.1 Å². The van der Waals surface area contributed by atoms with Crippen molar-refractivity contribution in [1.82, 2.24) is 9.88 Å². The topological polar surface area (TPSA) is 53.4 Å². The number of aliphatic hydroxyl groups excluding tert-OH is 1. The highest BCUT2D eigenvalue weighted by atomic mass is 79.9. The van der Waals surface area contributed by atoms with Gasteiger partial charge in [0.2, 0.25) is 5.91 Å². The summed E-state index contributed by atoms with van der Waals surface area (Å²) in [6.45, 7) is 1.55. The molecule has 2 heterocycles. The van der Waals surface area contributed by atoms with Crippen LogP contribution in [0.5, 0.6) is 0 Å². The van der Waals surface area contributed by atoms with Crippen LogP contribution in [0, 0.1) is 11.8 Å². The normalized spacial score (nSPS) is 25.8. The van der Waals surface area contributed by atoms with Crippen LogP contribution >= 0.6 is 43.5 Å². The van der Waals surface area contributed by atoms with Gasteiger partial charge in [-0.05, 0) is 102 Å². The molecule has 5 rings (SSSR count). The highest BCUT2D eigenvalue weighted by molar-refractivity contribution is 9.10. The number of aromatic nitrogens is 1. The van der Waals surface area contributed by atoms with E-state index < -0.39 is 0 Å². The van der Waals surface area contributed by atoms with Crippen molar-refractivity contribution < 1.29 is 9.90 Å². The number of likely N-dealkylation sites (tertiary alicyclic amines) is 1. The molecule has 176 valence electrons. The predicted molar refractivity (Wildman–Crippen MR) is 138 cm³/mol. The summed E-state index contributed by atoms with van der Waals surface area (Å²) in [5, 5.41) is 10.8. The minimum absolute atomic E-state index is 0.0139. The van der Waals surface area contributed by atoms with Crippen LogP contribution < -0.4 is 0 Å². The Hall–Kier alpha value is -0.950. The Kier molecular flexibility index (Phi) is 7.18. The molecule has 2 unspecified atom stereocenters. The number of pyridine rings is 1. The van der Waals surface area contributed by atoms with E-state index in [2.05, 4.69) is 44.0 Å². The Labute approximate surface area is 217 Å². The van der Waals surface area contributed by atoms with E-state index in [-0.39, 0.29) is 23.8 Å². The Morgan fingerprint density at radius 2 is 1.82 bits per heavy atom. The average molecular weight is 597 g/mol. The first-order valence-corrected chi connectivity index (χ1v) is 14.0. The molecule has 3 atom stereocenters. The fraction of sp³-hybridized carbons (Fsp3) is 0.538. The molecule has 3 aliphatic rings. The second kappa shape index (κ2) is 9.96. The van der Waals surface area contributed by atoms with Gasteiger partial charge in [-0.15, -0.1) is 0 Å². The molecule has 0 radical (unpaired) electrons. The van der Waals surface area contributed by atoms with E-state index in [1.807, 2.05) is 17.2 Å². The Morgan fingerprint density at radius 1 is 1.06 bits per heavy atom. The number of halogens is 3. The standard InChI is InChI=1S/C26H29Br2ClN2O2/c27-19-10-17-5-4-16-11-20(29)13-22(28)23(16)24(25(17)30-14-19)15-6-8-31(9-7-15)26(33)18-2-1-3-21(32)12-18/h10-11,13-15,18,21,24,32H,1-9,12H2/t18?,21?,24-/m1/s1. The lowest BCUT2D eigenvalue weighted by Crippen LogP contribution is -2.44. The number of hydrogen-bond donors (Lipinski definition) is 1. The number of rotatable bonds is 2. The van der Waals surface area contributed by atoms with Crippen LogP contribution in [0.3, 0.4) is 0 Å². The largest absolute Gasteiger partial charge is 0.393 e. The molecular formula is C26H29Br2ClN2O2. The van der Waals surface area contributed by atoms with Crippen LogP contribution in [0.25, 0.3) is 0 Å². The number of nitrogens with zero attached hydrogens (tertiary/aromatic N) is 2. The van der Waals surface area contributed by atoms with Crippen molar-refractivity contribution in [1.29, 1.82) is 0 Å². The van der Waals surface area contributed by atoms with Crippen LogP contribution in [0.15, 0.2) is 33.3 Å². The maximum absolute atomic E-state index is 13.1. The Morgan fingerprint density at radius 3 is 2.58 bits per heavy atom. The zero-order valence-electron chi connectivity index (χ0n) is 18.6. The molecule has 7 heteroatoms. The molecule has 2 aromatic rings. The smallest absolute Gasteiger partial charge is 0.225 e. The van der Waals surface area contributed by atoms with Gasteiger partial charge < -0.3 is 10.0 Å². The van der Waals surface area contributed by atoms with Crippen LogP contribution in [0.4, 0.5) is 0 Å². The molecule has 1 aliphatic heterocycles. The minimum Gasteiger partial charge on any atom is -0.393 e. The molecule has 1 aromatic carbocycles. The van der Waals surface area contributed by atoms with E-state index in [1.165, 1.54) is 22.4 Å². The van der Waals surface area contributed by atoms with E-state index in [9.17, 15) is 9.90 Å². The second-order valence-corrected chi connectivity index (χ2v) is 12.0. The van der Waals surface area contributed by atoms with E-state index in [1.54, 1.807) is 0 Å². The van der Waals surface area contributed by atoms with Crippen molar-refractivity contribution in [2.24, 2.45) is 11.8 Å². The molecule has 1 saturated carbocycles. The molecule has 33 heavy (non-hydrogen) atoms. The lowest BCUT2D eigenvalue weighted by atomic mass is 9.76. The van der Waals surface area contributed by atoms with E-state index in [0.29, 0.717) is 12.3 Å². The quantitative estimate of drug-likeness (QED) is 0.444. The van der Waals surface area contributed by atoms with Gasteiger partial charge >= 0.3 is 0 Å². The van der Waals surface area contributed by atoms with Crippen LogP contribution in [0.1, 0.15) is 66.8 Å². The highest BCUT2D eigenvalue weighted by Gasteiger charge is 2.37. The Balaban J connectivity index is 1.42. The van der Waals surface area contributed by atoms with Gasteiger partial charge in [0.1, 0.15) is 0 Å². The number of carbonyl (C=O) groups is 1. The first kappa shape index (κ1) is 23.8. The molecular weight excluding hydrogens is 568 g/mol. The number of hydrogen-bond acceptors (Lipinski definition) is 3. The first-order valence-electron chi connectivity index (χ1n) is 12.0. The summed E-state index contributed by atoms with van der Waals surface area (Å²) in [7, 11) is 0. The van der Waals surface area contributed by atoms with Gasteiger partial charge in [0.05, 0.1) is 11.8 Å². The van der Waals surface area contributed by atoms with Crippen molar-refractivity contribution in [2.75, 3.05) is 13.1 Å². The van der Waals surface area contributed by atoms with Gasteiger partial charge in [0.15, 0.2) is 0 Å². The highest BCUT2D eigenvalue weighted by Crippen LogP contribution is 2.46. The van der Waals surface area contributed by atoms with E-state index >= 15 is 0 Å². The monoisotopic (exact) mass is 594 g/mol. The van der Waals surface area contributed by atoms with E-state index in [4.69, 9.17) is 16.6 Å². The second-order valence-electron chi connectivity index (χ2n) is 9.82. The van der Waals surface area contributed by atoms with Gasteiger partial charge in [-0.2, -0.15) is 0 Å². The molecule has 1 N–H and O–H groups in total. The summed E-state index contributed by atoms with van der Waals surface area (Å²) < 4.78 is 2.07. The number of aliphatic hydroxyl groups is 1. The number of piperidine rings is 1. The maximum Gasteiger partial charge on any atom is 0.225 e. The van der Waals surface area contributed by atoms with Crippen molar-refractivity contribution in [3.8, 4) is 0 Å². The van der Waals surface area contributed by atoms with Crippen LogP contribution in [0.2, 0.25) is 5.02 Å². The molecule has 1 saturated heterocycles. The molecule has 0 spiro atoms. The number of carbonyl (C=O) groups excluding carboxylic acids is 1. The SMILES string of the molecule is O=C(C1CCCC(O)C1)N1CCC([C@H]2c3ncc(Br)cc3CCc3cc(Cl)cc(Br)c32)CC1. The number of aryl methyl sites for hydroxylation is 2. The van der Waals surface area contributed by atoms with Crippen LogP contribution in [-0.4, -0.2) is 40.1 Å². The zero-order valence-corrected chi connectivity index (χ0v) is 22.5. The molecule has 1 amide bonds. The summed E-state index contributed by atoms with van der Waals surface area (Å²) in [4.78, 5) is 20.1. The lowest BCUT2D eigenvalue weighted by Gasteiger charge is -2.39. The van der Waals surface area contributed by atoms with Crippen LogP contribution in [-0.2, 0) is 17.6 Å². The maximum atomic E-state index is 13.1. The third kappa shape index (κ3) is 4.91. The number of benzene rings is 1. The molecule has 0 bridgehead atoms. The molecule has 2 aliphatic carbocycles. The summed E-state index contributed by atoms with van der Waals surface area (Å²) in [6.07, 6.45) is 8.69. The van der Waals surface area contributed by atoms with Crippen molar-refractivity contribution in [2.45, 2.75) is 63.4 Å². The van der Waals surface area contributed by atoms with E-state index in [0.717, 1.165) is 72.0 Å². The predicted octanol–water partition coefficient (Wildman–Crippen LogP) is 6.28. The van der Waals surface area contributed by atoms with Gasteiger partial charge in [-0.25, -0.2) is 0 Å². The Bertz CT molecular complexity index is 1050. The first-order chi connectivity index (χ1) is 15.9. The molecule has 1 aromatic heterocycles. The van der Waals surface area contributed by atoms with Crippen molar-refractivity contribution >= 4 is 49.4 Å². The van der Waals surface area contributed by atoms with Gasteiger partial charge in [-0.3, -0.25) is 9.78 Å². The van der Waals surface area contributed by atoms with Gasteiger partial charge in [-0.1, -0.05) is 34.0 Å².